The molecule has 1 aromatic rings. The van der Waals surface area contributed by atoms with Crippen LogP contribution in [0.4, 0.5) is 0 Å². The van der Waals surface area contributed by atoms with Crippen LogP contribution in [0.3, 0.4) is 0 Å². The average molecular weight is 233 g/mol. The summed E-state index contributed by atoms with van der Waals surface area (Å²) in [6.45, 7) is 0. The van der Waals surface area contributed by atoms with Gasteiger partial charge < -0.3 is 9.47 Å². The molecular formula is C13H15NO3. The van der Waals surface area contributed by atoms with E-state index in [-0.39, 0.29) is 6.04 Å². The SMILES string of the molecule is COc1cc2c(c(OC)c1)CCC(N=C=O)C2. The molecule has 0 bridgehead atoms. The summed E-state index contributed by atoms with van der Waals surface area (Å²) in [6.07, 6.45) is 4.13. The predicted molar refractivity (Wildman–Crippen MR) is 63.5 cm³/mol. The molecule has 0 heterocycles. The Morgan fingerprint density at radius 1 is 1.35 bits per heavy atom. The minimum Gasteiger partial charge on any atom is -0.497 e. The Morgan fingerprint density at radius 2 is 2.18 bits per heavy atom. The summed E-state index contributed by atoms with van der Waals surface area (Å²) in [5, 5.41) is 0. The van der Waals surface area contributed by atoms with E-state index in [0.29, 0.717) is 0 Å². The monoisotopic (exact) mass is 233 g/mol. The van der Waals surface area contributed by atoms with E-state index in [1.165, 1.54) is 5.56 Å². The van der Waals surface area contributed by atoms with Gasteiger partial charge in [-0.1, -0.05) is 0 Å². The van der Waals surface area contributed by atoms with Crippen molar-refractivity contribution in [2.24, 2.45) is 4.99 Å². The topological polar surface area (TPSA) is 47.9 Å². The third kappa shape index (κ3) is 2.32. The molecule has 0 radical (unpaired) electrons. The molecule has 0 saturated carbocycles. The number of nitrogens with zero attached hydrogens (tertiary/aromatic N) is 1. The molecule has 2 rings (SSSR count). The smallest absolute Gasteiger partial charge is 0.235 e. The van der Waals surface area contributed by atoms with Gasteiger partial charge in [0.2, 0.25) is 6.08 Å². The Balaban J connectivity index is 2.38. The normalized spacial score (nSPS) is 17.9. The van der Waals surface area contributed by atoms with Gasteiger partial charge in [0.15, 0.2) is 0 Å². The zero-order chi connectivity index (χ0) is 12.3. The van der Waals surface area contributed by atoms with Crippen LogP contribution in [0.5, 0.6) is 11.5 Å². The Morgan fingerprint density at radius 3 is 2.82 bits per heavy atom. The van der Waals surface area contributed by atoms with Crippen molar-refractivity contribution >= 4 is 6.08 Å². The highest BCUT2D eigenvalue weighted by molar-refractivity contribution is 5.48. The molecule has 17 heavy (non-hydrogen) atoms. The lowest BCUT2D eigenvalue weighted by Gasteiger charge is -2.23. The van der Waals surface area contributed by atoms with Crippen LogP contribution in [-0.4, -0.2) is 26.3 Å². The molecule has 0 amide bonds. The van der Waals surface area contributed by atoms with Crippen LogP contribution in [0.1, 0.15) is 17.5 Å². The van der Waals surface area contributed by atoms with E-state index in [0.717, 1.165) is 36.3 Å². The molecule has 1 atom stereocenters. The number of benzene rings is 1. The standard InChI is InChI=1S/C13H15NO3/c1-16-11-6-9-5-10(14-8-15)3-4-12(9)13(7-11)17-2/h6-7,10H,3-5H2,1-2H3. The van der Waals surface area contributed by atoms with Crippen molar-refractivity contribution in [2.75, 3.05) is 14.2 Å². The van der Waals surface area contributed by atoms with E-state index in [4.69, 9.17) is 9.47 Å². The molecule has 0 spiro atoms. The van der Waals surface area contributed by atoms with Gasteiger partial charge in [0, 0.05) is 6.07 Å². The first kappa shape index (κ1) is 11.7. The number of hydrogen-bond donors (Lipinski definition) is 0. The lowest BCUT2D eigenvalue weighted by Crippen LogP contribution is -2.18. The number of fused-ring (bicyclic) bond motifs is 1. The third-order valence-electron chi connectivity index (χ3n) is 3.15. The summed E-state index contributed by atoms with van der Waals surface area (Å²) >= 11 is 0. The molecule has 4 heteroatoms. The number of isocyanates is 1. The number of rotatable bonds is 3. The Labute approximate surface area is 100 Å². The van der Waals surface area contributed by atoms with Gasteiger partial charge in [-0.2, -0.15) is 0 Å². The Bertz CT molecular complexity index is 464. The zero-order valence-electron chi connectivity index (χ0n) is 10.0. The van der Waals surface area contributed by atoms with Crippen molar-refractivity contribution in [3.63, 3.8) is 0 Å². The minimum atomic E-state index is 0.0387. The number of hydrogen-bond acceptors (Lipinski definition) is 4. The van der Waals surface area contributed by atoms with E-state index in [2.05, 4.69) is 4.99 Å². The van der Waals surface area contributed by atoms with E-state index >= 15 is 0 Å². The van der Waals surface area contributed by atoms with Crippen LogP contribution < -0.4 is 9.47 Å². The largest absolute Gasteiger partial charge is 0.497 e. The third-order valence-corrected chi connectivity index (χ3v) is 3.15. The second-order valence-corrected chi connectivity index (χ2v) is 4.08. The summed E-state index contributed by atoms with van der Waals surface area (Å²) in [6, 6.07) is 3.92. The molecule has 1 aliphatic rings. The van der Waals surface area contributed by atoms with Crippen LogP contribution in [-0.2, 0) is 17.6 Å². The van der Waals surface area contributed by atoms with Crippen LogP contribution >= 0.6 is 0 Å². The molecule has 1 aromatic carbocycles. The van der Waals surface area contributed by atoms with Crippen molar-refractivity contribution in [3.05, 3.63) is 23.3 Å². The maximum atomic E-state index is 10.3. The molecular weight excluding hydrogens is 218 g/mol. The second kappa shape index (κ2) is 5.02. The zero-order valence-corrected chi connectivity index (χ0v) is 10.0. The number of aliphatic imine (C=N–C) groups is 1. The van der Waals surface area contributed by atoms with E-state index < -0.39 is 0 Å². The number of carbonyl (C=O) groups excluding carboxylic acids is 1. The minimum absolute atomic E-state index is 0.0387. The number of ether oxygens (including phenoxy) is 2. The quantitative estimate of drug-likeness (QED) is 0.591. The molecule has 4 nitrogen and oxygen atoms in total. The molecule has 1 unspecified atom stereocenters. The molecule has 90 valence electrons. The molecule has 0 saturated heterocycles. The Kier molecular flexibility index (Phi) is 3.45. The van der Waals surface area contributed by atoms with Gasteiger partial charge in [0.05, 0.1) is 20.3 Å². The fourth-order valence-electron chi connectivity index (χ4n) is 2.29. The average Bonchev–Trinajstić information content (AvgIpc) is 2.37. The van der Waals surface area contributed by atoms with E-state index in [1.807, 2.05) is 12.1 Å². The van der Waals surface area contributed by atoms with Crippen LogP contribution in [0.15, 0.2) is 17.1 Å². The van der Waals surface area contributed by atoms with Crippen molar-refractivity contribution in [1.29, 1.82) is 0 Å². The lowest BCUT2D eigenvalue weighted by atomic mass is 9.88. The molecule has 0 N–H and O–H groups in total. The summed E-state index contributed by atoms with van der Waals surface area (Å²) in [4.78, 5) is 14.1. The van der Waals surface area contributed by atoms with Gasteiger partial charge in [-0.15, -0.1) is 0 Å². The van der Waals surface area contributed by atoms with Crippen LogP contribution in [0.25, 0.3) is 0 Å². The van der Waals surface area contributed by atoms with E-state index in [9.17, 15) is 4.79 Å². The summed E-state index contributed by atoms with van der Waals surface area (Å²) < 4.78 is 10.6. The maximum Gasteiger partial charge on any atom is 0.235 e. The molecule has 0 aromatic heterocycles. The lowest BCUT2D eigenvalue weighted by molar-refractivity contribution is 0.386. The van der Waals surface area contributed by atoms with Crippen LogP contribution in [0, 0.1) is 0 Å². The van der Waals surface area contributed by atoms with Gasteiger partial charge in [0.1, 0.15) is 11.5 Å². The van der Waals surface area contributed by atoms with Crippen LogP contribution in [0.2, 0.25) is 0 Å². The Hall–Kier alpha value is -1.80. The fourth-order valence-corrected chi connectivity index (χ4v) is 2.29. The number of methoxy groups -OCH3 is 2. The second-order valence-electron chi connectivity index (χ2n) is 4.08. The first-order valence-corrected chi connectivity index (χ1v) is 5.59. The highest BCUT2D eigenvalue weighted by atomic mass is 16.5. The molecule has 1 aliphatic carbocycles. The maximum absolute atomic E-state index is 10.3. The first-order valence-electron chi connectivity index (χ1n) is 5.59. The van der Waals surface area contributed by atoms with Crippen molar-refractivity contribution in [1.82, 2.24) is 0 Å². The molecule has 0 fully saturated rings. The summed E-state index contributed by atoms with van der Waals surface area (Å²) in [7, 11) is 3.29. The first-order chi connectivity index (χ1) is 8.28. The highest BCUT2D eigenvalue weighted by Gasteiger charge is 2.22. The van der Waals surface area contributed by atoms with Gasteiger partial charge in [-0.3, -0.25) is 0 Å². The summed E-state index contributed by atoms with van der Waals surface area (Å²) in [5.41, 5.74) is 2.35. The van der Waals surface area contributed by atoms with E-state index in [1.54, 1.807) is 20.3 Å². The van der Waals surface area contributed by atoms with Crippen molar-refractivity contribution < 1.29 is 14.3 Å². The van der Waals surface area contributed by atoms with Gasteiger partial charge in [0.25, 0.3) is 0 Å². The van der Waals surface area contributed by atoms with Gasteiger partial charge in [-0.25, -0.2) is 9.79 Å². The predicted octanol–water partition coefficient (Wildman–Crippen LogP) is 1.90. The van der Waals surface area contributed by atoms with Crippen molar-refractivity contribution in [3.8, 4) is 11.5 Å². The molecule has 0 aliphatic heterocycles. The van der Waals surface area contributed by atoms with Gasteiger partial charge in [-0.05, 0) is 36.5 Å². The summed E-state index contributed by atoms with van der Waals surface area (Å²) in [5.74, 6) is 1.63. The fraction of sp³-hybridized carbons (Fsp3) is 0.462. The van der Waals surface area contributed by atoms with Gasteiger partial charge >= 0.3 is 0 Å². The highest BCUT2D eigenvalue weighted by Crippen LogP contribution is 2.34. The van der Waals surface area contributed by atoms with Crippen molar-refractivity contribution in [2.45, 2.75) is 25.3 Å².